The highest BCUT2D eigenvalue weighted by Gasteiger charge is 2.24. The minimum Gasteiger partial charge on any atom is -0.472 e. The summed E-state index contributed by atoms with van der Waals surface area (Å²) < 4.78 is 11.0. The monoisotopic (exact) mass is 345 g/mol. The van der Waals surface area contributed by atoms with Gasteiger partial charge >= 0.3 is 0 Å². The molecule has 136 valence electrons. The number of H-pyrrole nitrogens is 1. The third-order valence-corrected chi connectivity index (χ3v) is 4.67. The van der Waals surface area contributed by atoms with Crippen molar-refractivity contribution in [2.24, 2.45) is 0 Å². The van der Waals surface area contributed by atoms with Crippen LogP contribution in [0.15, 0.2) is 29.1 Å². The van der Waals surface area contributed by atoms with Crippen molar-refractivity contribution in [2.75, 3.05) is 33.3 Å². The van der Waals surface area contributed by atoms with Crippen LogP contribution >= 0.6 is 0 Å². The van der Waals surface area contributed by atoms with Gasteiger partial charge in [0, 0.05) is 37.6 Å². The van der Waals surface area contributed by atoms with E-state index in [1.54, 1.807) is 12.5 Å². The Labute approximate surface area is 148 Å². The molecule has 1 aliphatic rings. The first-order valence-corrected chi connectivity index (χ1v) is 8.75. The Hall–Kier alpha value is -2.05. The molecule has 1 atom stereocenters. The summed E-state index contributed by atoms with van der Waals surface area (Å²) in [5, 5.41) is 0. The van der Waals surface area contributed by atoms with E-state index < -0.39 is 0 Å². The van der Waals surface area contributed by atoms with Gasteiger partial charge in [0.1, 0.15) is 0 Å². The van der Waals surface area contributed by atoms with Crippen LogP contribution in [-0.2, 0) is 22.5 Å². The molecule has 0 aromatic carbocycles. The Bertz CT molecular complexity index is 693. The van der Waals surface area contributed by atoms with Crippen LogP contribution in [0.4, 0.5) is 0 Å². The number of aromatic amines is 1. The molecule has 0 spiro atoms. The third kappa shape index (κ3) is 4.74. The van der Waals surface area contributed by atoms with E-state index in [0.717, 1.165) is 35.6 Å². The summed E-state index contributed by atoms with van der Waals surface area (Å²) in [4.78, 5) is 20.4. The topological polar surface area (TPSA) is 61.7 Å². The fourth-order valence-corrected chi connectivity index (χ4v) is 3.31. The first-order valence-electron chi connectivity index (χ1n) is 8.75. The van der Waals surface area contributed by atoms with Gasteiger partial charge in [-0.1, -0.05) is 0 Å². The molecule has 6 nitrogen and oxygen atoms in total. The summed E-state index contributed by atoms with van der Waals surface area (Å²) in [5.41, 5.74) is 4.28. The Balaban J connectivity index is 1.72. The Morgan fingerprint density at radius 3 is 2.92 bits per heavy atom. The Kier molecular flexibility index (Phi) is 5.60. The number of hydrogen-bond acceptors (Lipinski definition) is 4. The average Bonchev–Trinajstić information content (AvgIpc) is 3.16. The molecule has 1 amide bonds. The molecule has 25 heavy (non-hydrogen) atoms. The summed E-state index contributed by atoms with van der Waals surface area (Å²) in [6.07, 6.45) is 3.63. The van der Waals surface area contributed by atoms with E-state index in [2.05, 4.69) is 23.0 Å². The lowest BCUT2D eigenvalue weighted by Gasteiger charge is -2.34. The lowest BCUT2D eigenvalue weighted by Crippen LogP contribution is -2.47. The molecule has 3 heterocycles. The number of amides is 1. The number of carbonyl (C=O) groups is 1. The molecule has 2 aromatic rings. The standard InChI is InChI=1S/C19H27N3O3/c1-14-8-17(15(2)20-14)10-22(12-18-11-21(3)5-7-25-18)19(23)9-16-4-6-24-13-16/h4,6,8,13,18,20H,5,7,9-12H2,1-3H3/t18-/m0/s1. The molecule has 0 radical (unpaired) electrons. The maximum atomic E-state index is 12.9. The van der Waals surface area contributed by atoms with Gasteiger partial charge in [-0.3, -0.25) is 4.79 Å². The van der Waals surface area contributed by atoms with Crippen molar-refractivity contribution in [3.63, 3.8) is 0 Å². The van der Waals surface area contributed by atoms with Crippen LogP contribution in [-0.4, -0.2) is 60.1 Å². The number of furan rings is 1. The van der Waals surface area contributed by atoms with Crippen LogP contribution < -0.4 is 0 Å². The van der Waals surface area contributed by atoms with Crippen LogP contribution in [0.2, 0.25) is 0 Å². The van der Waals surface area contributed by atoms with Crippen molar-refractivity contribution in [2.45, 2.75) is 32.9 Å². The fourth-order valence-electron chi connectivity index (χ4n) is 3.31. The number of aryl methyl sites for hydroxylation is 2. The molecule has 1 saturated heterocycles. The summed E-state index contributed by atoms with van der Waals surface area (Å²) in [5.74, 6) is 0.0940. The van der Waals surface area contributed by atoms with Gasteiger partial charge in [0.15, 0.2) is 0 Å². The third-order valence-electron chi connectivity index (χ3n) is 4.67. The van der Waals surface area contributed by atoms with Gasteiger partial charge in [-0.25, -0.2) is 0 Å². The number of hydrogen-bond donors (Lipinski definition) is 1. The van der Waals surface area contributed by atoms with Crippen molar-refractivity contribution < 1.29 is 13.9 Å². The van der Waals surface area contributed by atoms with Crippen molar-refractivity contribution >= 4 is 5.91 Å². The molecule has 0 unspecified atom stereocenters. The predicted octanol–water partition coefficient (Wildman–Crippen LogP) is 2.13. The minimum atomic E-state index is 0.0485. The number of aromatic nitrogens is 1. The number of rotatable bonds is 6. The number of morpholine rings is 1. The quantitative estimate of drug-likeness (QED) is 0.871. The number of nitrogens with zero attached hydrogens (tertiary/aromatic N) is 2. The van der Waals surface area contributed by atoms with Gasteiger partial charge in [-0.2, -0.15) is 0 Å². The maximum Gasteiger partial charge on any atom is 0.227 e. The molecule has 0 bridgehead atoms. The van der Waals surface area contributed by atoms with Gasteiger partial charge in [0.05, 0.1) is 31.7 Å². The molecule has 0 saturated carbocycles. The highest BCUT2D eigenvalue weighted by Crippen LogP contribution is 2.16. The van der Waals surface area contributed by atoms with Crippen molar-refractivity contribution in [1.29, 1.82) is 0 Å². The average molecular weight is 345 g/mol. The minimum absolute atomic E-state index is 0.0485. The maximum absolute atomic E-state index is 12.9. The normalized spacial score (nSPS) is 18.4. The summed E-state index contributed by atoms with van der Waals surface area (Å²) in [7, 11) is 2.09. The van der Waals surface area contributed by atoms with Crippen LogP contribution in [0.25, 0.3) is 0 Å². The first kappa shape index (κ1) is 17.8. The molecule has 1 N–H and O–H groups in total. The Morgan fingerprint density at radius 2 is 2.28 bits per heavy atom. The smallest absolute Gasteiger partial charge is 0.227 e. The van der Waals surface area contributed by atoms with Crippen molar-refractivity contribution in [3.8, 4) is 0 Å². The largest absolute Gasteiger partial charge is 0.472 e. The second kappa shape index (κ2) is 7.89. The van der Waals surface area contributed by atoms with Gasteiger partial charge in [-0.05, 0) is 44.2 Å². The summed E-state index contributed by atoms with van der Waals surface area (Å²) >= 11 is 0. The zero-order chi connectivity index (χ0) is 17.8. The SMILES string of the molecule is Cc1cc(CN(C[C@@H]2CN(C)CCO2)C(=O)Cc2ccoc2)c(C)[nH]1. The van der Waals surface area contributed by atoms with E-state index in [1.165, 1.54) is 0 Å². The second-order valence-electron chi connectivity index (χ2n) is 6.94. The van der Waals surface area contributed by atoms with E-state index in [-0.39, 0.29) is 12.0 Å². The zero-order valence-corrected chi connectivity index (χ0v) is 15.2. The van der Waals surface area contributed by atoms with Crippen LogP contribution in [0.5, 0.6) is 0 Å². The summed E-state index contributed by atoms with van der Waals surface area (Å²) in [6.45, 7) is 7.78. The molecular weight excluding hydrogens is 318 g/mol. The van der Waals surface area contributed by atoms with Gasteiger partial charge in [-0.15, -0.1) is 0 Å². The van der Waals surface area contributed by atoms with Crippen LogP contribution in [0.3, 0.4) is 0 Å². The molecule has 3 rings (SSSR count). The highest BCUT2D eigenvalue weighted by molar-refractivity contribution is 5.78. The lowest BCUT2D eigenvalue weighted by atomic mass is 10.1. The molecule has 0 aliphatic carbocycles. The molecule has 1 fully saturated rings. The Morgan fingerprint density at radius 1 is 1.44 bits per heavy atom. The number of nitrogens with one attached hydrogen (secondary N) is 1. The van der Waals surface area contributed by atoms with Crippen LogP contribution in [0.1, 0.15) is 22.5 Å². The van der Waals surface area contributed by atoms with Gasteiger partial charge < -0.3 is 23.9 Å². The molecule has 2 aromatic heterocycles. The van der Waals surface area contributed by atoms with Crippen molar-refractivity contribution in [3.05, 3.63) is 47.2 Å². The number of ether oxygens (including phenoxy) is 1. The van der Waals surface area contributed by atoms with Crippen LogP contribution in [0, 0.1) is 13.8 Å². The van der Waals surface area contributed by atoms with Crippen molar-refractivity contribution in [1.82, 2.24) is 14.8 Å². The van der Waals surface area contributed by atoms with E-state index in [4.69, 9.17) is 9.15 Å². The fraction of sp³-hybridized carbons (Fsp3) is 0.526. The van der Waals surface area contributed by atoms with E-state index >= 15 is 0 Å². The lowest BCUT2D eigenvalue weighted by molar-refractivity contribution is -0.134. The van der Waals surface area contributed by atoms with E-state index in [0.29, 0.717) is 26.1 Å². The number of likely N-dealkylation sites (N-methyl/N-ethyl adjacent to an activating group) is 1. The molecular formula is C19H27N3O3. The van der Waals surface area contributed by atoms with E-state index in [9.17, 15) is 4.79 Å². The zero-order valence-electron chi connectivity index (χ0n) is 15.2. The predicted molar refractivity (Wildman–Crippen MR) is 95.3 cm³/mol. The van der Waals surface area contributed by atoms with Gasteiger partial charge in [0.2, 0.25) is 5.91 Å². The summed E-state index contributed by atoms with van der Waals surface area (Å²) in [6, 6.07) is 3.95. The highest BCUT2D eigenvalue weighted by atomic mass is 16.5. The number of carbonyl (C=O) groups excluding carboxylic acids is 1. The first-order chi connectivity index (χ1) is 12.0. The molecule has 6 heteroatoms. The van der Waals surface area contributed by atoms with Gasteiger partial charge in [0.25, 0.3) is 0 Å². The van der Waals surface area contributed by atoms with E-state index in [1.807, 2.05) is 24.8 Å². The molecule has 1 aliphatic heterocycles. The second-order valence-corrected chi connectivity index (χ2v) is 6.94.